The van der Waals surface area contributed by atoms with Gasteiger partial charge in [0, 0.05) is 29.8 Å². The molecule has 0 aliphatic heterocycles. The lowest BCUT2D eigenvalue weighted by molar-refractivity contribution is 0.102. The van der Waals surface area contributed by atoms with E-state index in [1.165, 1.54) is 25.7 Å². The zero-order valence-corrected chi connectivity index (χ0v) is 11.9. The predicted molar refractivity (Wildman–Crippen MR) is 84.5 cm³/mol. The van der Waals surface area contributed by atoms with E-state index in [2.05, 4.69) is 15.6 Å². The summed E-state index contributed by atoms with van der Waals surface area (Å²) in [6, 6.07) is 12.0. The molecule has 1 fully saturated rings. The molecule has 1 amide bonds. The maximum Gasteiger partial charge on any atom is 0.257 e. The average molecular weight is 281 g/mol. The summed E-state index contributed by atoms with van der Waals surface area (Å²) in [7, 11) is 0. The molecule has 1 aromatic carbocycles. The van der Waals surface area contributed by atoms with Crippen molar-refractivity contribution in [3.63, 3.8) is 0 Å². The molecule has 1 heterocycles. The first-order valence-electron chi connectivity index (χ1n) is 7.39. The van der Waals surface area contributed by atoms with Crippen molar-refractivity contribution in [1.82, 2.24) is 4.98 Å². The first-order chi connectivity index (χ1) is 10.3. The van der Waals surface area contributed by atoms with E-state index in [-0.39, 0.29) is 5.91 Å². The Morgan fingerprint density at radius 1 is 1.05 bits per heavy atom. The Balaban J connectivity index is 1.60. The fourth-order valence-electron chi connectivity index (χ4n) is 2.66. The molecule has 1 aliphatic carbocycles. The van der Waals surface area contributed by atoms with Crippen molar-refractivity contribution in [3.05, 3.63) is 54.4 Å². The minimum Gasteiger partial charge on any atom is -0.382 e. The molecule has 3 rings (SSSR count). The number of benzene rings is 1. The summed E-state index contributed by atoms with van der Waals surface area (Å²) in [4.78, 5) is 16.0. The van der Waals surface area contributed by atoms with E-state index >= 15 is 0 Å². The molecule has 0 spiro atoms. The number of hydrogen-bond donors (Lipinski definition) is 2. The van der Waals surface area contributed by atoms with Crippen LogP contribution in [0, 0.1) is 0 Å². The molecule has 1 aromatic heterocycles. The number of nitrogens with one attached hydrogen (secondary N) is 2. The number of carbonyl (C=O) groups excluding carboxylic acids is 1. The third-order valence-electron chi connectivity index (χ3n) is 3.79. The molecular formula is C17H19N3O. The number of carbonyl (C=O) groups is 1. The molecule has 0 bridgehead atoms. The highest BCUT2D eigenvalue weighted by Crippen LogP contribution is 2.23. The number of rotatable bonds is 4. The van der Waals surface area contributed by atoms with Crippen molar-refractivity contribution < 1.29 is 4.79 Å². The van der Waals surface area contributed by atoms with E-state index < -0.39 is 0 Å². The van der Waals surface area contributed by atoms with Crippen LogP contribution < -0.4 is 10.6 Å². The molecule has 2 N–H and O–H groups in total. The second-order valence-electron chi connectivity index (χ2n) is 5.40. The predicted octanol–water partition coefficient (Wildman–Crippen LogP) is 3.69. The van der Waals surface area contributed by atoms with Crippen LogP contribution in [0.3, 0.4) is 0 Å². The van der Waals surface area contributed by atoms with E-state index in [4.69, 9.17) is 0 Å². The van der Waals surface area contributed by atoms with Crippen molar-refractivity contribution in [1.29, 1.82) is 0 Å². The van der Waals surface area contributed by atoms with Gasteiger partial charge in [0.05, 0.1) is 5.56 Å². The summed E-state index contributed by atoms with van der Waals surface area (Å²) < 4.78 is 0. The van der Waals surface area contributed by atoms with Gasteiger partial charge < -0.3 is 10.6 Å². The monoisotopic (exact) mass is 281 g/mol. The molecule has 1 aliphatic rings. The average Bonchev–Trinajstić information content (AvgIpc) is 3.03. The summed E-state index contributed by atoms with van der Waals surface area (Å²) in [5.74, 6) is -0.139. The van der Waals surface area contributed by atoms with Gasteiger partial charge in [0.2, 0.25) is 0 Å². The van der Waals surface area contributed by atoms with Crippen LogP contribution in [0.2, 0.25) is 0 Å². The quantitative estimate of drug-likeness (QED) is 0.898. The number of anilines is 2. The Morgan fingerprint density at radius 2 is 1.76 bits per heavy atom. The standard InChI is InChI=1S/C17H19N3O/c21-17(13-4-3-11-18-12-13)20-16-9-7-15(8-10-16)19-14-5-1-2-6-14/h3-4,7-12,14,19H,1-2,5-6H2,(H,20,21). The second kappa shape index (κ2) is 6.39. The third-order valence-corrected chi connectivity index (χ3v) is 3.79. The summed E-state index contributed by atoms with van der Waals surface area (Å²) in [5, 5.41) is 6.40. The van der Waals surface area contributed by atoms with Gasteiger partial charge in [-0.1, -0.05) is 12.8 Å². The minimum absolute atomic E-state index is 0.139. The Morgan fingerprint density at radius 3 is 2.43 bits per heavy atom. The van der Waals surface area contributed by atoms with Gasteiger partial charge in [-0.05, 0) is 49.2 Å². The topological polar surface area (TPSA) is 54.0 Å². The van der Waals surface area contributed by atoms with Crippen LogP contribution in [-0.2, 0) is 0 Å². The summed E-state index contributed by atoms with van der Waals surface area (Å²) in [6.07, 6.45) is 8.35. The van der Waals surface area contributed by atoms with Crippen LogP contribution in [-0.4, -0.2) is 16.9 Å². The second-order valence-corrected chi connectivity index (χ2v) is 5.40. The Bertz CT molecular complexity index is 589. The van der Waals surface area contributed by atoms with E-state index in [1.54, 1.807) is 24.5 Å². The highest BCUT2D eigenvalue weighted by molar-refractivity contribution is 6.04. The van der Waals surface area contributed by atoms with Gasteiger partial charge in [-0.15, -0.1) is 0 Å². The Kier molecular flexibility index (Phi) is 4.15. The van der Waals surface area contributed by atoms with E-state index in [0.29, 0.717) is 11.6 Å². The van der Waals surface area contributed by atoms with Gasteiger partial charge in [0.1, 0.15) is 0 Å². The molecular weight excluding hydrogens is 262 g/mol. The number of hydrogen-bond acceptors (Lipinski definition) is 3. The van der Waals surface area contributed by atoms with E-state index in [0.717, 1.165) is 11.4 Å². The SMILES string of the molecule is O=C(Nc1ccc(NC2CCCC2)cc1)c1cccnc1. The first-order valence-corrected chi connectivity index (χ1v) is 7.39. The summed E-state index contributed by atoms with van der Waals surface area (Å²) in [5.41, 5.74) is 2.47. The fourth-order valence-corrected chi connectivity index (χ4v) is 2.66. The highest BCUT2D eigenvalue weighted by atomic mass is 16.1. The molecule has 0 unspecified atom stereocenters. The highest BCUT2D eigenvalue weighted by Gasteiger charge is 2.14. The molecule has 4 nitrogen and oxygen atoms in total. The van der Waals surface area contributed by atoms with Gasteiger partial charge >= 0.3 is 0 Å². The van der Waals surface area contributed by atoms with Gasteiger partial charge in [-0.3, -0.25) is 9.78 Å². The minimum atomic E-state index is -0.139. The first kappa shape index (κ1) is 13.6. The smallest absolute Gasteiger partial charge is 0.257 e. The van der Waals surface area contributed by atoms with Gasteiger partial charge in [-0.2, -0.15) is 0 Å². The number of pyridine rings is 1. The lowest BCUT2D eigenvalue weighted by Gasteiger charge is -2.14. The van der Waals surface area contributed by atoms with Crippen LogP contribution >= 0.6 is 0 Å². The molecule has 0 radical (unpaired) electrons. The maximum absolute atomic E-state index is 12.0. The van der Waals surface area contributed by atoms with Gasteiger partial charge in [-0.25, -0.2) is 0 Å². The van der Waals surface area contributed by atoms with Crippen LogP contribution in [0.1, 0.15) is 36.0 Å². The molecule has 2 aromatic rings. The maximum atomic E-state index is 12.0. The van der Waals surface area contributed by atoms with Crippen LogP contribution in [0.4, 0.5) is 11.4 Å². The fraction of sp³-hybridized carbons (Fsp3) is 0.294. The van der Waals surface area contributed by atoms with Gasteiger partial charge in [0.25, 0.3) is 5.91 Å². The Hall–Kier alpha value is -2.36. The molecule has 21 heavy (non-hydrogen) atoms. The Labute approximate surface area is 124 Å². The summed E-state index contributed by atoms with van der Waals surface area (Å²) >= 11 is 0. The molecule has 0 atom stereocenters. The van der Waals surface area contributed by atoms with Crippen molar-refractivity contribution in [2.45, 2.75) is 31.7 Å². The number of aromatic nitrogens is 1. The van der Waals surface area contributed by atoms with E-state index in [1.807, 2.05) is 24.3 Å². The molecule has 4 heteroatoms. The summed E-state index contributed by atoms with van der Waals surface area (Å²) in [6.45, 7) is 0. The third kappa shape index (κ3) is 3.60. The van der Waals surface area contributed by atoms with Crippen LogP contribution in [0.15, 0.2) is 48.8 Å². The van der Waals surface area contributed by atoms with Gasteiger partial charge in [0.15, 0.2) is 0 Å². The number of nitrogens with zero attached hydrogens (tertiary/aromatic N) is 1. The van der Waals surface area contributed by atoms with Crippen molar-refractivity contribution >= 4 is 17.3 Å². The van der Waals surface area contributed by atoms with Crippen LogP contribution in [0.5, 0.6) is 0 Å². The van der Waals surface area contributed by atoms with Crippen molar-refractivity contribution in [2.75, 3.05) is 10.6 Å². The number of amides is 1. The normalized spacial score (nSPS) is 14.9. The zero-order valence-electron chi connectivity index (χ0n) is 11.9. The zero-order chi connectivity index (χ0) is 14.5. The van der Waals surface area contributed by atoms with Crippen molar-refractivity contribution in [2.24, 2.45) is 0 Å². The lowest BCUT2D eigenvalue weighted by atomic mass is 10.2. The lowest BCUT2D eigenvalue weighted by Crippen LogP contribution is -2.15. The largest absolute Gasteiger partial charge is 0.382 e. The molecule has 0 saturated heterocycles. The van der Waals surface area contributed by atoms with Crippen molar-refractivity contribution in [3.8, 4) is 0 Å². The van der Waals surface area contributed by atoms with E-state index in [9.17, 15) is 4.79 Å². The van der Waals surface area contributed by atoms with Crippen LogP contribution in [0.25, 0.3) is 0 Å². The molecule has 1 saturated carbocycles. The molecule has 108 valence electrons.